The fourth-order valence-electron chi connectivity index (χ4n) is 2.52. The maximum Gasteiger partial charge on any atom is 0.344 e. The first-order chi connectivity index (χ1) is 11.2. The minimum absolute atomic E-state index is 0.0736. The van der Waals surface area contributed by atoms with Crippen LogP contribution in [-0.2, 0) is 16.1 Å². The number of aliphatic hydroxyl groups excluding tert-OH is 1. The van der Waals surface area contributed by atoms with E-state index in [0.717, 1.165) is 11.1 Å². The van der Waals surface area contributed by atoms with Crippen molar-refractivity contribution in [1.29, 1.82) is 0 Å². The number of esters is 1. The van der Waals surface area contributed by atoms with Gasteiger partial charge in [0.25, 0.3) is 0 Å². The molecule has 4 nitrogen and oxygen atoms in total. The van der Waals surface area contributed by atoms with E-state index in [1.165, 1.54) is 0 Å². The van der Waals surface area contributed by atoms with Crippen LogP contribution in [0.4, 0.5) is 0 Å². The highest BCUT2D eigenvalue weighted by Crippen LogP contribution is 2.33. The van der Waals surface area contributed by atoms with E-state index >= 15 is 0 Å². The van der Waals surface area contributed by atoms with Crippen LogP contribution >= 0.6 is 0 Å². The van der Waals surface area contributed by atoms with E-state index in [9.17, 15) is 9.90 Å². The Morgan fingerprint density at radius 3 is 2.35 bits per heavy atom. The average Bonchev–Trinajstić information content (AvgIpc) is 2.89. The maximum absolute atomic E-state index is 12.1. The Kier molecular flexibility index (Phi) is 4.24. The van der Waals surface area contributed by atoms with Crippen molar-refractivity contribution in [2.75, 3.05) is 0 Å². The molecule has 1 aliphatic rings. The molecule has 0 saturated carbocycles. The van der Waals surface area contributed by atoms with Crippen LogP contribution in [0.2, 0.25) is 0 Å². The second kappa shape index (κ2) is 6.48. The second-order valence-corrected chi connectivity index (χ2v) is 5.34. The molecule has 0 unspecified atom stereocenters. The van der Waals surface area contributed by atoms with E-state index in [2.05, 4.69) is 4.99 Å². The average molecular weight is 307 g/mol. The summed E-state index contributed by atoms with van der Waals surface area (Å²) in [5, 5.41) is 10.4. The van der Waals surface area contributed by atoms with Gasteiger partial charge in [0.05, 0.1) is 12.3 Å². The van der Waals surface area contributed by atoms with Gasteiger partial charge in [-0.1, -0.05) is 60.7 Å². The molecule has 2 aromatic rings. The molecule has 2 aromatic carbocycles. The smallest absolute Gasteiger partial charge is 0.344 e. The van der Waals surface area contributed by atoms with Crippen molar-refractivity contribution < 1.29 is 14.6 Å². The van der Waals surface area contributed by atoms with E-state index in [1.807, 2.05) is 60.7 Å². The quantitative estimate of drug-likeness (QED) is 0.691. The predicted molar refractivity (Wildman–Crippen MR) is 88.2 cm³/mol. The molecule has 1 atom stereocenters. The summed E-state index contributed by atoms with van der Waals surface area (Å²) in [5.74, 6) is -0.610. The van der Waals surface area contributed by atoms with Crippen molar-refractivity contribution >= 4 is 11.7 Å². The molecule has 23 heavy (non-hydrogen) atoms. The standard InChI is InChI=1S/C19H17NO3/c1-13(20-12-14-8-4-2-5-9-14)16-17(21)18(23-19(16)22)15-10-6-3-7-11-15/h2-11,18,21H,12H2,1H3/t18-/m1/s1. The van der Waals surface area contributed by atoms with Gasteiger partial charge in [0.15, 0.2) is 11.9 Å². The first-order valence-corrected chi connectivity index (χ1v) is 7.41. The molecule has 0 radical (unpaired) electrons. The molecule has 1 N–H and O–H groups in total. The number of aliphatic imine (C=N–C) groups is 1. The largest absolute Gasteiger partial charge is 0.507 e. The monoisotopic (exact) mass is 307 g/mol. The molecule has 4 heteroatoms. The highest BCUT2D eigenvalue weighted by molar-refractivity contribution is 6.20. The van der Waals surface area contributed by atoms with Crippen molar-refractivity contribution in [3.63, 3.8) is 0 Å². The second-order valence-electron chi connectivity index (χ2n) is 5.34. The number of hydrogen-bond donors (Lipinski definition) is 1. The minimum Gasteiger partial charge on any atom is -0.507 e. The number of ether oxygens (including phenoxy) is 1. The van der Waals surface area contributed by atoms with Crippen LogP contribution in [0.1, 0.15) is 24.2 Å². The van der Waals surface area contributed by atoms with E-state index in [0.29, 0.717) is 12.3 Å². The van der Waals surface area contributed by atoms with Gasteiger partial charge in [0.1, 0.15) is 5.57 Å². The molecule has 1 heterocycles. The predicted octanol–water partition coefficient (Wildman–Crippen LogP) is 3.76. The van der Waals surface area contributed by atoms with Crippen molar-refractivity contribution in [2.24, 2.45) is 4.99 Å². The lowest BCUT2D eigenvalue weighted by Gasteiger charge is -2.09. The minimum atomic E-state index is -0.749. The van der Waals surface area contributed by atoms with Gasteiger partial charge in [-0.2, -0.15) is 0 Å². The van der Waals surface area contributed by atoms with Gasteiger partial charge in [-0.25, -0.2) is 4.79 Å². The Hall–Kier alpha value is -2.88. The molecule has 0 saturated heterocycles. The van der Waals surface area contributed by atoms with Crippen molar-refractivity contribution in [1.82, 2.24) is 0 Å². The Morgan fingerprint density at radius 2 is 1.70 bits per heavy atom. The Balaban J connectivity index is 1.85. The molecular formula is C19H17NO3. The zero-order valence-electron chi connectivity index (χ0n) is 12.8. The van der Waals surface area contributed by atoms with E-state index in [4.69, 9.17) is 4.74 Å². The van der Waals surface area contributed by atoms with Crippen LogP contribution in [0.3, 0.4) is 0 Å². The van der Waals surface area contributed by atoms with Crippen molar-refractivity contribution in [2.45, 2.75) is 19.6 Å². The Labute approximate surface area is 134 Å². The molecule has 0 bridgehead atoms. The van der Waals surface area contributed by atoms with E-state index < -0.39 is 12.1 Å². The van der Waals surface area contributed by atoms with Gasteiger partial charge >= 0.3 is 5.97 Å². The summed E-state index contributed by atoms with van der Waals surface area (Å²) in [4.78, 5) is 16.5. The summed E-state index contributed by atoms with van der Waals surface area (Å²) < 4.78 is 5.30. The van der Waals surface area contributed by atoms with E-state index in [1.54, 1.807) is 6.92 Å². The third kappa shape index (κ3) is 3.16. The molecule has 3 rings (SSSR count). The number of nitrogens with zero attached hydrogens (tertiary/aromatic N) is 1. The highest BCUT2D eigenvalue weighted by Gasteiger charge is 2.36. The fourth-order valence-corrected chi connectivity index (χ4v) is 2.52. The lowest BCUT2D eigenvalue weighted by Crippen LogP contribution is -2.08. The molecular weight excluding hydrogens is 290 g/mol. The summed E-state index contributed by atoms with van der Waals surface area (Å²) in [6.07, 6.45) is -0.749. The topological polar surface area (TPSA) is 58.9 Å². The molecule has 0 aromatic heterocycles. The Bertz CT molecular complexity index is 764. The van der Waals surface area contributed by atoms with Crippen LogP contribution < -0.4 is 0 Å². The van der Waals surface area contributed by atoms with Gasteiger partial charge in [0, 0.05) is 5.56 Å². The first-order valence-electron chi connectivity index (χ1n) is 7.41. The molecule has 0 fully saturated rings. The van der Waals surface area contributed by atoms with Crippen LogP contribution in [-0.4, -0.2) is 16.8 Å². The third-order valence-corrected chi connectivity index (χ3v) is 3.74. The summed E-state index contributed by atoms with van der Waals surface area (Å²) in [6.45, 7) is 2.16. The van der Waals surface area contributed by atoms with Gasteiger partial charge in [0.2, 0.25) is 0 Å². The number of rotatable bonds is 4. The Morgan fingerprint density at radius 1 is 1.09 bits per heavy atom. The lowest BCUT2D eigenvalue weighted by molar-refractivity contribution is -0.140. The summed E-state index contributed by atoms with van der Waals surface area (Å²) in [7, 11) is 0. The zero-order valence-corrected chi connectivity index (χ0v) is 12.8. The number of hydrogen-bond acceptors (Lipinski definition) is 4. The SMILES string of the molecule is CC(=NCc1ccccc1)C1=C(O)[C@@H](c2ccccc2)OC1=O. The summed E-state index contributed by atoms with van der Waals surface area (Å²) in [6, 6.07) is 18.9. The number of carbonyl (C=O) groups is 1. The number of benzene rings is 2. The van der Waals surface area contributed by atoms with Crippen LogP contribution in [0.25, 0.3) is 0 Å². The molecule has 1 aliphatic heterocycles. The lowest BCUT2D eigenvalue weighted by atomic mass is 10.0. The number of cyclic esters (lactones) is 1. The van der Waals surface area contributed by atoms with Crippen LogP contribution in [0, 0.1) is 0 Å². The first kappa shape index (κ1) is 15.0. The van der Waals surface area contributed by atoms with Crippen LogP contribution in [0.5, 0.6) is 0 Å². The van der Waals surface area contributed by atoms with Gasteiger partial charge < -0.3 is 9.84 Å². The zero-order chi connectivity index (χ0) is 16.2. The number of aliphatic hydroxyl groups is 1. The van der Waals surface area contributed by atoms with Crippen molar-refractivity contribution in [3.8, 4) is 0 Å². The summed E-state index contributed by atoms with van der Waals surface area (Å²) >= 11 is 0. The van der Waals surface area contributed by atoms with Gasteiger partial charge in [-0.3, -0.25) is 4.99 Å². The molecule has 116 valence electrons. The van der Waals surface area contributed by atoms with Crippen LogP contribution in [0.15, 0.2) is 77.0 Å². The fraction of sp³-hybridized carbons (Fsp3) is 0.158. The third-order valence-electron chi connectivity index (χ3n) is 3.74. The highest BCUT2D eigenvalue weighted by atomic mass is 16.6. The van der Waals surface area contributed by atoms with Gasteiger partial charge in [-0.15, -0.1) is 0 Å². The molecule has 0 amide bonds. The maximum atomic E-state index is 12.1. The van der Waals surface area contributed by atoms with Gasteiger partial charge in [-0.05, 0) is 12.5 Å². The molecule has 0 spiro atoms. The number of carbonyl (C=O) groups excluding carboxylic acids is 1. The summed E-state index contributed by atoms with van der Waals surface area (Å²) in [5.41, 5.74) is 2.42. The molecule has 0 aliphatic carbocycles. The van der Waals surface area contributed by atoms with E-state index in [-0.39, 0.29) is 11.3 Å². The van der Waals surface area contributed by atoms with Crippen molar-refractivity contribution in [3.05, 3.63) is 83.1 Å². The normalized spacial score (nSPS) is 18.2.